The summed E-state index contributed by atoms with van der Waals surface area (Å²) in [5, 5.41) is 0. The first-order valence-electron chi connectivity index (χ1n) is 9.73. The lowest BCUT2D eigenvalue weighted by atomic mass is 10.1. The fourth-order valence-electron chi connectivity index (χ4n) is 3.82. The third-order valence-corrected chi connectivity index (χ3v) is 5.36. The number of hydrogen-bond acceptors (Lipinski definition) is 3. The van der Waals surface area contributed by atoms with Crippen LogP contribution in [0.3, 0.4) is 0 Å². The molecule has 1 aromatic carbocycles. The molecule has 0 aliphatic carbocycles. The number of rotatable bonds is 4. The number of nitrogens with zero attached hydrogens (tertiary/aromatic N) is 4. The van der Waals surface area contributed by atoms with E-state index in [9.17, 15) is 18.0 Å². The SMILES string of the molecule is Cn1ccnc1C(=O)N1CCCC1c1cccc(Cc2ccc(C(F)(F)F)cc2)n1. The van der Waals surface area contributed by atoms with Gasteiger partial charge in [-0.05, 0) is 42.7 Å². The Kier molecular flexibility index (Phi) is 5.32. The van der Waals surface area contributed by atoms with Crippen LogP contribution in [0.15, 0.2) is 54.9 Å². The number of hydrogen-bond donors (Lipinski definition) is 0. The zero-order valence-corrected chi connectivity index (χ0v) is 16.4. The second-order valence-corrected chi connectivity index (χ2v) is 7.44. The maximum absolute atomic E-state index is 12.9. The van der Waals surface area contributed by atoms with Crippen molar-refractivity contribution in [3.63, 3.8) is 0 Å². The monoisotopic (exact) mass is 414 g/mol. The lowest BCUT2D eigenvalue weighted by molar-refractivity contribution is -0.137. The maximum atomic E-state index is 12.9. The number of benzene rings is 1. The summed E-state index contributed by atoms with van der Waals surface area (Å²) in [6.45, 7) is 0.640. The topological polar surface area (TPSA) is 51.0 Å². The second kappa shape index (κ2) is 7.93. The summed E-state index contributed by atoms with van der Waals surface area (Å²) in [6, 6.07) is 10.6. The van der Waals surface area contributed by atoms with Crippen LogP contribution in [0.25, 0.3) is 0 Å². The predicted molar refractivity (Wildman–Crippen MR) is 105 cm³/mol. The van der Waals surface area contributed by atoms with Gasteiger partial charge in [0.25, 0.3) is 5.91 Å². The third-order valence-electron chi connectivity index (χ3n) is 5.36. The summed E-state index contributed by atoms with van der Waals surface area (Å²) in [5.74, 6) is 0.266. The molecule has 1 fully saturated rings. The van der Waals surface area contributed by atoms with E-state index in [0.717, 1.165) is 41.9 Å². The van der Waals surface area contributed by atoms with E-state index < -0.39 is 11.7 Å². The molecule has 0 N–H and O–H groups in total. The Bertz CT molecular complexity index is 1040. The average molecular weight is 414 g/mol. The molecule has 5 nitrogen and oxygen atoms in total. The summed E-state index contributed by atoms with van der Waals surface area (Å²) >= 11 is 0. The first-order chi connectivity index (χ1) is 14.3. The minimum absolute atomic E-state index is 0.125. The van der Waals surface area contributed by atoms with Crippen molar-refractivity contribution in [1.82, 2.24) is 19.4 Å². The fraction of sp³-hybridized carbons (Fsp3) is 0.318. The quantitative estimate of drug-likeness (QED) is 0.636. The molecule has 156 valence electrons. The number of likely N-dealkylation sites (tertiary alicyclic amines) is 1. The zero-order valence-electron chi connectivity index (χ0n) is 16.4. The van der Waals surface area contributed by atoms with Crippen LogP contribution in [0, 0.1) is 0 Å². The Labute approximate surface area is 172 Å². The van der Waals surface area contributed by atoms with Gasteiger partial charge in [0.05, 0.1) is 17.3 Å². The van der Waals surface area contributed by atoms with Crippen LogP contribution in [0.4, 0.5) is 13.2 Å². The predicted octanol–water partition coefficient (Wildman–Crippen LogP) is 4.40. The van der Waals surface area contributed by atoms with E-state index in [1.807, 2.05) is 18.2 Å². The van der Waals surface area contributed by atoms with Crippen LogP contribution < -0.4 is 0 Å². The number of aromatic nitrogens is 3. The van der Waals surface area contributed by atoms with Crippen molar-refractivity contribution in [2.75, 3.05) is 6.54 Å². The number of carbonyl (C=O) groups is 1. The van der Waals surface area contributed by atoms with E-state index in [2.05, 4.69) is 4.98 Å². The first kappa shape index (κ1) is 20.1. The van der Waals surface area contributed by atoms with Gasteiger partial charge in [-0.25, -0.2) is 4.98 Å². The smallest absolute Gasteiger partial charge is 0.330 e. The van der Waals surface area contributed by atoms with Crippen molar-refractivity contribution in [3.05, 3.63) is 83.2 Å². The third kappa shape index (κ3) is 4.08. The van der Waals surface area contributed by atoms with Crippen molar-refractivity contribution in [3.8, 4) is 0 Å². The maximum Gasteiger partial charge on any atom is 0.416 e. The first-order valence-corrected chi connectivity index (χ1v) is 9.73. The van der Waals surface area contributed by atoms with Crippen molar-refractivity contribution < 1.29 is 18.0 Å². The fourth-order valence-corrected chi connectivity index (χ4v) is 3.82. The van der Waals surface area contributed by atoms with Crippen molar-refractivity contribution in [2.24, 2.45) is 7.05 Å². The molecular weight excluding hydrogens is 393 g/mol. The van der Waals surface area contributed by atoms with Crippen molar-refractivity contribution >= 4 is 5.91 Å². The Morgan fingerprint density at radius 1 is 1.17 bits per heavy atom. The standard InChI is InChI=1S/C22H21F3N4O/c1-28-13-11-26-20(28)21(30)29-12-3-6-19(29)18-5-2-4-17(27-18)14-15-7-9-16(10-8-15)22(23,24)25/h2,4-5,7-11,13,19H,3,6,12,14H2,1H3. The van der Waals surface area contributed by atoms with Gasteiger partial charge in [-0.15, -0.1) is 0 Å². The molecule has 0 radical (unpaired) electrons. The molecular formula is C22H21F3N4O. The molecule has 4 rings (SSSR count). The summed E-state index contributed by atoms with van der Waals surface area (Å²) in [7, 11) is 1.79. The van der Waals surface area contributed by atoms with Crippen LogP contribution >= 0.6 is 0 Å². The van der Waals surface area contributed by atoms with E-state index in [0.29, 0.717) is 18.8 Å². The Hall–Kier alpha value is -3.16. The molecule has 0 saturated carbocycles. The summed E-state index contributed by atoms with van der Waals surface area (Å²) in [4.78, 5) is 23.6. The van der Waals surface area contributed by atoms with Gasteiger partial charge in [-0.1, -0.05) is 18.2 Å². The molecule has 2 aromatic heterocycles. The van der Waals surface area contributed by atoms with E-state index in [1.54, 1.807) is 28.9 Å². The minimum Gasteiger partial charge on any atom is -0.330 e. The van der Waals surface area contributed by atoms with Crippen LogP contribution in [0.2, 0.25) is 0 Å². The summed E-state index contributed by atoms with van der Waals surface area (Å²) in [6.07, 6.45) is 1.11. The highest BCUT2D eigenvalue weighted by molar-refractivity contribution is 5.91. The van der Waals surface area contributed by atoms with Gasteiger partial charge in [-0.2, -0.15) is 13.2 Å². The van der Waals surface area contributed by atoms with Crippen molar-refractivity contribution in [1.29, 1.82) is 0 Å². The normalized spacial score (nSPS) is 16.8. The number of halogens is 3. The van der Waals surface area contributed by atoms with Gasteiger partial charge in [0.2, 0.25) is 0 Å². The molecule has 8 heteroatoms. The molecule has 1 aliphatic rings. The number of pyridine rings is 1. The minimum atomic E-state index is -4.34. The second-order valence-electron chi connectivity index (χ2n) is 7.44. The summed E-state index contributed by atoms with van der Waals surface area (Å²) < 4.78 is 40.0. The molecule has 3 aromatic rings. The van der Waals surface area contributed by atoms with Gasteiger partial charge < -0.3 is 9.47 Å². The molecule has 3 heterocycles. The molecule has 0 spiro atoms. The number of aryl methyl sites for hydroxylation is 1. The largest absolute Gasteiger partial charge is 0.416 e. The molecule has 1 amide bonds. The van der Waals surface area contributed by atoms with E-state index in [4.69, 9.17) is 4.98 Å². The van der Waals surface area contributed by atoms with Gasteiger partial charge in [-0.3, -0.25) is 9.78 Å². The van der Waals surface area contributed by atoms with Gasteiger partial charge in [0, 0.05) is 38.1 Å². The van der Waals surface area contributed by atoms with Crippen LogP contribution in [-0.4, -0.2) is 31.9 Å². The number of amides is 1. The lowest BCUT2D eigenvalue weighted by Crippen LogP contribution is -2.32. The van der Waals surface area contributed by atoms with Crippen molar-refractivity contribution in [2.45, 2.75) is 31.5 Å². The Morgan fingerprint density at radius 2 is 1.93 bits per heavy atom. The highest BCUT2D eigenvalue weighted by Crippen LogP contribution is 2.32. The van der Waals surface area contributed by atoms with Crippen LogP contribution in [0.1, 0.15) is 52.0 Å². The van der Waals surface area contributed by atoms with Gasteiger partial charge in [0.15, 0.2) is 5.82 Å². The molecule has 1 atom stereocenters. The average Bonchev–Trinajstić information content (AvgIpc) is 3.36. The molecule has 30 heavy (non-hydrogen) atoms. The zero-order chi connectivity index (χ0) is 21.3. The van der Waals surface area contributed by atoms with Gasteiger partial charge in [0.1, 0.15) is 0 Å². The number of imidazole rings is 1. The van der Waals surface area contributed by atoms with Gasteiger partial charge >= 0.3 is 6.18 Å². The molecule has 1 saturated heterocycles. The Morgan fingerprint density at radius 3 is 2.60 bits per heavy atom. The number of alkyl halides is 3. The molecule has 1 aliphatic heterocycles. The lowest BCUT2D eigenvalue weighted by Gasteiger charge is -2.24. The highest BCUT2D eigenvalue weighted by Gasteiger charge is 2.33. The van der Waals surface area contributed by atoms with Crippen LogP contribution in [0.5, 0.6) is 0 Å². The highest BCUT2D eigenvalue weighted by atomic mass is 19.4. The number of carbonyl (C=O) groups excluding carboxylic acids is 1. The molecule has 1 unspecified atom stereocenters. The van der Waals surface area contributed by atoms with E-state index in [-0.39, 0.29) is 11.9 Å². The van der Waals surface area contributed by atoms with Crippen LogP contribution in [-0.2, 0) is 19.6 Å². The van der Waals surface area contributed by atoms with E-state index >= 15 is 0 Å². The Balaban J connectivity index is 1.53. The van der Waals surface area contributed by atoms with E-state index in [1.165, 1.54) is 12.1 Å². The summed E-state index contributed by atoms with van der Waals surface area (Å²) in [5.41, 5.74) is 1.63. The molecule has 0 bridgehead atoms.